The summed E-state index contributed by atoms with van der Waals surface area (Å²) < 4.78 is 0. The SMILES string of the molecule is C[C@H]1NCC[C@H]1CO. The average molecular weight is 115 g/mol. The van der Waals surface area contributed by atoms with Gasteiger partial charge in [0.2, 0.25) is 0 Å². The lowest BCUT2D eigenvalue weighted by Gasteiger charge is -2.09. The monoisotopic (exact) mass is 115 g/mol. The number of nitrogens with one attached hydrogen (secondary N) is 1. The number of aliphatic hydroxyl groups is 1. The lowest BCUT2D eigenvalue weighted by molar-refractivity contribution is 0.218. The van der Waals surface area contributed by atoms with Gasteiger partial charge in [-0.25, -0.2) is 0 Å². The quantitative estimate of drug-likeness (QED) is 0.503. The van der Waals surface area contributed by atoms with E-state index in [2.05, 4.69) is 12.2 Å². The number of rotatable bonds is 1. The van der Waals surface area contributed by atoms with Crippen molar-refractivity contribution in [3.63, 3.8) is 0 Å². The molecule has 2 atom stereocenters. The summed E-state index contributed by atoms with van der Waals surface area (Å²) in [7, 11) is 0. The van der Waals surface area contributed by atoms with E-state index in [4.69, 9.17) is 5.11 Å². The highest BCUT2D eigenvalue weighted by atomic mass is 16.3. The Kier molecular flexibility index (Phi) is 1.86. The van der Waals surface area contributed by atoms with E-state index in [0.717, 1.165) is 13.0 Å². The van der Waals surface area contributed by atoms with E-state index in [1.165, 1.54) is 0 Å². The molecule has 1 aliphatic rings. The lowest BCUT2D eigenvalue weighted by atomic mass is 10.0. The van der Waals surface area contributed by atoms with Crippen molar-refractivity contribution in [1.82, 2.24) is 5.32 Å². The van der Waals surface area contributed by atoms with Crippen molar-refractivity contribution in [2.24, 2.45) is 5.92 Å². The molecule has 8 heavy (non-hydrogen) atoms. The maximum Gasteiger partial charge on any atom is 0.0474 e. The number of aliphatic hydroxyl groups excluding tert-OH is 1. The maximum absolute atomic E-state index is 8.70. The number of hydrogen-bond acceptors (Lipinski definition) is 2. The summed E-state index contributed by atoms with van der Waals surface area (Å²) in [5, 5.41) is 12.0. The van der Waals surface area contributed by atoms with E-state index in [-0.39, 0.29) is 0 Å². The molecule has 1 fully saturated rings. The van der Waals surface area contributed by atoms with Gasteiger partial charge in [0.15, 0.2) is 0 Å². The van der Waals surface area contributed by atoms with Gasteiger partial charge in [-0.05, 0) is 25.8 Å². The molecule has 2 N–H and O–H groups in total. The van der Waals surface area contributed by atoms with Crippen LogP contribution in [0.25, 0.3) is 0 Å². The van der Waals surface area contributed by atoms with Crippen LogP contribution >= 0.6 is 0 Å². The number of hydrogen-bond donors (Lipinski definition) is 2. The molecule has 0 bridgehead atoms. The molecule has 0 aromatic heterocycles. The van der Waals surface area contributed by atoms with Crippen molar-refractivity contribution in [1.29, 1.82) is 0 Å². The van der Waals surface area contributed by atoms with Crippen LogP contribution in [0.15, 0.2) is 0 Å². The first-order chi connectivity index (χ1) is 3.84. The van der Waals surface area contributed by atoms with Gasteiger partial charge in [-0.2, -0.15) is 0 Å². The third-order valence-corrected chi connectivity index (χ3v) is 1.92. The van der Waals surface area contributed by atoms with Crippen molar-refractivity contribution in [3.05, 3.63) is 0 Å². The molecule has 0 saturated carbocycles. The Morgan fingerprint density at radius 2 is 2.50 bits per heavy atom. The summed E-state index contributed by atoms with van der Waals surface area (Å²) in [5.41, 5.74) is 0. The third-order valence-electron chi connectivity index (χ3n) is 1.92. The zero-order valence-corrected chi connectivity index (χ0v) is 5.22. The molecule has 1 rings (SSSR count). The zero-order chi connectivity index (χ0) is 5.98. The molecule has 0 aliphatic carbocycles. The van der Waals surface area contributed by atoms with Crippen LogP contribution in [0.3, 0.4) is 0 Å². The minimum atomic E-state index is 0.341. The predicted octanol–water partition coefficient (Wildman–Crippen LogP) is -0.0233. The molecule has 0 radical (unpaired) electrons. The predicted molar refractivity (Wildman–Crippen MR) is 32.7 cm³/mol. The lowest BCUT2D eigenvalue weighted by Crippen LogP contribution is -2.24. The van der Waals surface area contributed by atoms with Crippen LogP contribution in [0, 0.1) is 5.92 Å². The maximum atomic E-state index is 8.70. The van der Waals surface area contributed by atoms with E-state index >= 15 is 0 Å². The largest absolute Gasteiger partial charge is 0.396 e. The molecule has 0 aromatic rings. The van der Waals surface area contributed by atoms with E-state index in [1.807, 2.05) is 0 Å². The summed E-state index contributed by atoms with van der Waals surface area (Å²) in [4.78, 5) is 0. The van der Waals surface area contributed by atoms with Crippen molar-refractivity contribution in [2.45, 2.75) is 19.4 Å². The van der Waals surface area contributed by atoms with Crippen LogP contribution < -0.4 is 5.32 Å². The second kappa shape index (κ2) is 2.46. The fraction of sp³-hybridized carbons (Fsp3) is 1.00. The molecule has 0 spiro atoms. The Bertz CT molecular complexity index is 74.9. The van der Waals surface area contributed by atoms with Gasteiger partial charge in [-0.15, -0.1) is 0 Å². The van der Waals surface area contributed by atoms with E-state index in [1.54, 1.807) is 0 Å². The summed E-state index contributed by atoms with van der Waals surface area (Å²) in [5.74, 6) is 0.509. The third kappa shape index (κ3) is 1.01. The average Bonchev–Trinajstić information content (AvgIpc) is 2.14. The highest BCUT2D eigenvalue weighted by molar-refractivity contribution is 4.78. The van der Waals surface area contributed by atoms with Crippen LogP contribution in [0.2, 0.25) is 0 Å². The van der Waals surface area contributed by atoms with Crippen LogP contribution in [0.1, 0.15) is 13.3 Å². The van der Waals surface area contributed by atoms with Gasteiger partial charge in [-0.3, -0.25) is 0 Å². The highest BCUT2D eigenvalue weighted by Crippen LogP contribution is 2.12. The Morgan fingerprint density at radius 1 is 1.75 bits per heavy atom. The highest BCUT2D eigenvalue weighted by Gasteiger charge is 2.20. The van der Waals surface area contributed by atoms with Crippen LogP contribution in [-0.2, 0) is 0 Å². The van der Waals surface area contributed by atoms with Gasteiger partial charge < -0.3 is 10.4 Å². The zero-order valence-electron chi connectivity index (χ0n) is 5.22. The van der Waals surface area contributed by atoms with Crippen LogP contribution in [0.5, 0.6) is 0 Å². The fourth-order valence-corrected chi connectivity index (χ4v) is 1.16. The molecule has 1 heterocycles. The smallest absolute Gasteiger partial charge is 0.0474 e. The Labute approximate surface area is 49.9 Å². The van der Waals surface area contributed by atoms with Gasteiger partial charge >= 0.3 is 0 Å². The molecular formula is C6H13NO. The molecule has 0 unspecified atom stereocenters. The first kappa shape index (κ1) is 6.05. The van der Waals surface area contributed by atoms with Gasteiger partial charge in [-0.1, -0.05) is 0 Å². The topological polar surface area (TPSA) is 32.3 Å². The molecule has 0 amide bonds. The van der Waals surface area contributed by atoms with E-state index in [0.29, 0.717) is 18.6 Å². The van der Waals surface area contributed by atoms with Gasteiger partial charge in [0, 0.05) is 12.6 Å². The second-order valence-corrected chi connectivity index (χ2v) is 2.47. The van der Waals surface area contributed by atoms with E-state index < -0.39 is 0 Å². The van der Waals surface area contributed by atoms with Crippen molar-refractivity contribution in [3.8, 4) is 0 Å². The minimum absolute atomic E-state index is 0.341. The Balaban J connectivity index is 2.30. The van der Waals surface area contributed by atoms with E-state index in [9.17, 15) is 0 Å². The van der Waals surface area contributed by atoms with Crippen molar-refractivity contribution >= 4 is 0 Å². The second-order valence-electron chi connectivity index (χ2n) is 2.47. The fourth-order valence-electron chi connectivity index (χ4n) is 1.16. The summed E-state index contributed by atoms with van der Waals surface area (Å²) in [6.07, 6.45) is 1.14. The summed E-state index contributed by atoms with van der Waals surface area (Å²) in [6.45, 7) is 3.54. The van der Waals surface area contributed by atoms with Gasteiger partial charge in [0.05, 0.1) is 0 Å². The van der Waals surface area contributed by atoms with Crippen LogP contribution in [0.4, 0.5) is 0 Å². The normalized spacial score (nSPS) is 38.2. The first-order valence-electron chi connectivity index (χ1n) is 3.19. The molecular weight excluding hydrogens is 102 g/mol. The molecule has 1 saturated heterocycles. The molecule has 2 nitrogen and oxygen atoms in total. The molecule has 1 aliphatic heterocycles. The molecule has 0 aromatic carbocycles. The standard InChI is InChI=1S/C6H13NO/c1-5-6(4-8)2-3-7-5/h5-8H,2-4H2,1H3/t5-,6+/m1/s1. The van der Waals surface area contributed by atoms with Gasteiger partial charge in [0.25, 0.3) is 0 Å². The summed E-state index contributed by atoms with van der Waals surface area (Å²) >= 11 is 0. The minimum Gasteiger partial charge on any atom is -0.396 e. The summed E-state index contributed by atoms with van der Waals surface area (Å²) in [6, 6.07) is 0.528. The van der Waals surface area contributed by atoms with Crippen LogP contribution in [-0.4, -0.2) is 24.3 Å². The first-order valence-corrected chi connectivity index (χ1v) is 3.19. The molecule has 2 heteroatoms. The Morgan fingerprint density at radius 3 is 2.75 bits per heavy atom. The Hall–Kier alpha value is -0.0800. The van der Waals surface area contributed by atoms with Gasteiger partial charge in [0.1, 0.15) is 0 Å². The molecule has 48 valence electrons. The van der Waals surface area contributed by atoms with Crippen molar-refractivity contribution < 1.29 is 5.11 Å². The van der Waals surface area contributed by atoms with Crippen molar-refractivity contribution in [2.75, 3.05) is 13.2 Å².